The molecule has 0 rings (SSSR count). The fraction of sp³-hybridized carbons (Fsp3) is 0.889. The Morgan fingerprint density at radius 1 is 1.50 bits per heavy atom. The first-order valence-electron chi connectivity index (χ1n) is 4.27. The van der Waals surface area contributed by atoms with E-state index in [9.17, 15) is 4.79 Å². The van der Waals surface area contributed by atoms with Gasteiger partial charge in [-0.1, -0.05) is 20.8 Å². The highest BCUT2D eigenvalue weighted by molar-refractivity contribution is 5.77. The highest BCUT2D eigenvalue weighted by atomic mass is 16.5. The molecule has 1 amide bonds. The number of amides is 1. The molecular formula is C9H19NO2. The number of nitrogens with one attached hydrogen (secondary N) is 1. The third-order valence-electron chi connectivity index (χ3n) is 2.00. The largest absolute Gasteiger partial charge is 0.375 e. The minimum absolute atomic E-state index is 0.0426. The second-order valence-corrected chi connectivity index (χ2v) is 3.73. The minimum Gasteiger partial charge on any atom is -0.375 e. The van der Waals surface area contributed by atoms with Crippen LogP contribution in [0, 0.1) is 5.41 Å². The zero-order valence-electron chi connectivity index (χ0n) is 8.44. The van der Waals surface area contributed by atoms with Gasteiger partial charge in [0.05, 0.1) is 0 Å². The Kier molecular flexibility index (Phi) is 4.90. The zero-order valence-corrected chi connectivity index (χ0v) is 8.44. The number of hydrogen-bond acceptors (Lipinski definition) is 2. The summed E-state index contributed by atoms with van der Waals surface area (Å²) in [6.45, 7) is 7.23. The quantitative estimate of drug-likeness (QED) is 0.678. The van der Waals surface area contributed by atoms with Crippen molar-refractivity contribution in [3.63, 3.8) is 0 Å². The molecule has 3 nitrogen and oxygen atoms in total. The molecule has 0 fully saturated rings. The lowest BCUT2D eigenvalue weighted by Gasteiger charge is -2.22. The molecule has 0 aliphatic carbocycles. The molecule has 0 saturated heterocycles. The van der Waals surface area contributed by atoms with E-state index in [1.807, 2.05) is 0 Å². The summed E-state index contributed by atoms with van der Waals surface area (Å²) in [5, 5.41) is 2.81. The topological polar surface area (TPSA) is 38.3 Å². The van der Waals surface area contributed by atoms with Gasteiger partial charge in [-0.25, -0.2) is 0 Å². The number of hydrogen-bond donors (Lipinski definition) is 1. The smallest absolute Gasteiger partial charge is 0.246 e. The first kappa shape index (κ1) is 11.4. The average Bonchev–Trinajstić information content (AvgIpc) is 2.02. The highest BCUT2D eigenvalue weighted by Gasteiger charge is 2.15. The van der Waals surface area contributed by atoms with Crippen molar-refractivity contribution in [2.75, 3.05) is 20.3 Å². The van der Waals surface area contributed by atoms with E-state index in [2.05, 4.69) is 26.1 Å². The van der Waals surface area contributed by atoms with Gasteiger partial charge in [0.2, 0.25) is 5.91 Å². The van der Waals surface area contributed by atoms with Crippen LogP contribution in [0.4, 0.5) is 0 Å². The Labute approximate surface area is 74.5 Å². The summed E-state index contributed by atoms with van der Waals surface area (Å²) in [5.74, 6) is -0.0426. The standard InChI is InChI=1S/C9H19NO2/c1-5-9(2,3)7-10-8(11)6-12-4/h5-7H2,1-4H3,(H,10,11). The van der Waals surface area contributed by atoms with Gasteiger partial charge >= 0.3 is 0 Å². The van der Waals surface area contributed by atoms with E-state index in [1.54, 1.807) is 0 Å². The van der Waals surface area contributed by atoms with Crippen LogP contribution in [0.3, 0.4) is 0 Å². The second-order valence-electron chi connectivity index (χ2n) is 3.73. The van der Waals surface area contributed by atoms with Gasteiger partial charge in [0, 0.05) is 13.7 Å². The molecule has 0 aromatic carbocycles. The maximum Gasteiger partial charge on any atom is 0.246 e. The molecule has 0 atom stereocenters. The molecule has 0 aromatic heterocycles. The van der Waals surface area contributed by atoms with Crippen molar-refractivity contribution in [1.29, 1.82) is 0 Å². The predicted molar refractivity (Wildman–Crippen MR) is 49.0 cm³/mol. The van der Waals surface area contributed by atoms with E-state index in [0.29, 0.717) is 6.54 Å². The van der Waals surface area contributed by atoms with Crippen LogP contribution in [-0.4, -0.2) is 26.2 Å². The Bertz CT molecular complexity index is 143. The van der Waals surface area contributed by atoms with Crippen LogP contribution < -0.4 is 5.32 Å². The van der Waals surface area contributed by atoms with Crippen molar-refractivity contribution >= 4 is 5.91 Å². The molecule has 0 aromatic rings. The van der Waals surface area contributed by atoms with Crippen LogP contribution in [0.5, 0.6) is 0 Å². The van der Waals surface area contributed by atoms with E-state index in [-0.39, 0.29) is 17.9 Å². The molecular weight excluding hydrogens is 154 g/mol. The molecule has 0 unspecified atom stereocenters. The number of methoxy groups -OCH3 is 1. The molecule has 3 heteroatoms. The fourth-order valence-corrected chi connectivity index (χ4v) is 0.645. The summed E-state index contributed by atoms with van der Waals surface area (Å²) < 4.78 is 4.69. The van der Waals surface area contributed by atoms with Gasteiger partial charge in [0.1, 0.15) is 6.61 Å². The summed E-state index contributed by atoms with van der Waals surface area (Å²) in [7, 11) is 1.52. The summed E-state index contributed by atoms with van der Waals surface area (Å²) >= 11 is 0. The molecule has 72 valence electrons. The lowest BCUT2D eigenvalue weighted by atomic mass is 9.90. The predicted octanol–water partition coefficient (Wildman–Crippen LogP) is 1.19. The molecule has 0 saturated carbocycles. The van der Waals surface area contributed by atoms with Gasteiger partial charge in [-0.15, -0.1) is 0 Å². The average molecular weight is 173 g/mol. The monoisotopic (exact) mass is 173 g/mol. The molecule has 0 aliphatic rings. The summed E-state index contributed by atoms with van der Waals surface area (Å²) in [5.41, 5.74) is 0.184. The van der Waals surface area contributed by atoms with Crippen molar-refractivity contribution in [1.82, 2.24) is 5.32 Å². The van der Waals surface area contributed by atoms with Crippen molar-refractivity contribution in [3.05, 3.63) is 0 Å². The van der Waals surface area contributed by atoms with Crippen molar-refractivity contribution in [2.24, 2.45) is 5.41 Å². The number of ether oxygens (including phenoxy) is 1. The van der Waals surface area contributed by atoms with Crippen molar-refractivity contribution < 1.29 is 9.53 Å². The lowest BCUT2D eigenvalue weighted by molar-refractivity contribution is -0.125. The van der Waals surface area contributed by atoms with Crippen LogP contribution in [0.2, 0.25) is 0 Å². The number of rotatable bonds is 5. The minimum atomic E-state index is -0.0426. The van der Waals surface area contributed by atoms with Gasteiger partial charge in [-0.05, 0) is 11.8 Å². The van der Waals surface area contributed by atoms with E-state index in [1.165, 1.54) is 7.11 Å². The Balaban J connectivity index is 3.60. The van der Waals surface area contributed by atoms with Gasteiger partial charge in [0.25, 0.3) is 0 Å². The molecule has 0 aliphatic heterocycles. The molecule has 12 heavy (non-hydrogen) atoms. The molecule has 0 heterocycles. The zero-order chi connectivity index (χ0) is 9.61. The maximum atomic E-state index is 11.0. The van der Waals surface area contributed by atoms with Gasteiger partial charge in [-0.2, -0.15) is 0 Å². The van der Waals surface area contributed by atoms with Crippen LogP contribution in [0.15, 0.2) is 0 Å². The summed E-state index contributed by atoms with van der Waals surface area (Å²) in [6, 6.07) is 0. The molecule has 0 spiro atoms. The first-order chi connectivity index (χ1) is 5.52. The third kappa shape index (κ3) is 5.13. The molecule has 0 radical (unpaired) electrons. The van der Waals surface area contributed by atoms with Crippen LogP contribution >= 0.6 is 0 Å². The normalized spacial score (nSPS) is 11.3. The fourth-order valence-electron chi connectivity index (χ4n) is 0.645. The first-order valence-corrected chi connectivity index (χ1v) is 4.27. The van der Waals surface area contributed by atoms with Gasteiger partial charge < -0.3 is 10.1 Å². The van der Waals surface area contributed by atoms with Crippen molar-refractivity contribution in [2.45, 2.75) is 27.2 Å². The Morgan fingerprint density at radius 3 is 2.50 bits per heavy atom. The van der Waals surface area contributed by atoms with Crippen LogP contribution in [0.25, 0.3) is 0 Å². The van der Waals surface area contributed by atoms with Crippen molar-refractivity contribution in [3.8, 4) is 0 Å². The second kappa shape index (κ2) is 5.14. The van der Waals surface area contributed by atoms with Gasteiger partial charge in [0.15, 0.2) is 0 Å². The molecule has 0 bridgehead atoms. The van der Waals surface area contributed by atoms with Gasteiger partial charge in [-0.3, -0.25) is 4.79 Å². The number of carbonyl (C=O) groups is 1. The van der Waals surface area contributed by atoms with E-state index < -0.39 is 0 Å². The number of carbonyl (C=O) groups excluding carboxylic acids is 1. The van der Waals surface area contributed by atoms with Crippen LogP contribution in [-0.2, 0) is 9.53 Å². The summed E-state index contributed by atoms with van der Waals surface area (Å²) in [6.07, 6.45) is 1.06. The SMILES string of the molecule is CCC(C)(C)CNC(=O)COC. The Morgan fingerprint density at radius 2 is 2.08 bits per heavy atom. The highest BCUT2D eigenvalue weighted by Crippen LogP contribution is 2.17. The van der Waals surface area contributed by atoms with E-state index >= 15 is 0 Å². The summed E-state index contributed by atoms with van der Waals surface area (Å²) in [4.78, 5) is 11.0. The Hall–Kier alpha value is -0.570. The van der Waals surface area contributed by atoms with E-state index in [0.717, 1.165) is 6.42 Å². The van der Waals surface area contributed by atoms with E-state index in [4.69, 9.17) is 4.74 Å². The lowest BCUT2D eigenvalue weighted by Crippen LogP contribution is -2.35. The third-order valence-corrected chi connectivity index (χ3v) is 2.00. The van der Waals surface area contributed by atoms with Crippen LogP contribution in [0.1, 0.15) is 27.2 Å². The molecule has 1 N–H and O–H groups in total. The maximum absolute atomic E-state index is 11.0.